The highest BCUT2D eigenvalue weighted by Gasteiger charge is 2.20. The van der Waals surface area contributed by atoms with Crippen LogP contribution in [0.4, 0.5) is 0 Å². The smallest absolute Gasteiger partial charge is 0.341 e. The minimum absolute atomic E-state index is 0.423. The molecule has 3 N–H and O–H groups in total. The van der Waals surface area contributed by atoms with E-state index in [0.717, 1.165) is 37.8 Å². The van der Waals surface area contributed by atoms with Gasteiger partial charge in [0.2, 0.25) is 5.91 Å². The molecule has 3 aromatic carbocycles. The molecule has 0 radical (unpaired) electrons. The third-order valence-electron chi connectivity index (χ3n) is 5.56. The van der Waals surface area contributed by atoms with Crippen LogP contribution < -0.4 is 10.5 Å². The normalized spacial score (nSPS) is 11.2. The lowest BCUT2D eigenvalue weighted by molar-refractivity contribution is -0.139. The van der Waals surface area contributed by atoms with E-state index in [1.165, 1.54) is 0 Å². The second-order valence-electron chi connectivity index (χ2n) is 7.66. The first-order valence-corrected chi connectivity index (χ1v) is 11.2. The zero-order chi connectivity index (χ0) is 22.9. The second-order valence-corrected chi connectivity index (χ2v) is 8.61. The van der Waals surface area contributed by atoms with Crippen molar-refractivity contribution in [3.8, 4) is 16.2 Å². The lowest BCUT2D eigenvalue weighted by Gasteiger charge is -2.13. The number of hydrogen-bond donors (Lipinski definition) is 2. The van der Waals surface area contributed by atoms with Crippen molar-refractivity contribution in [2.45, 2.75) is 6.54 Å². The van der Waals surface area contributed by atoms with Gasteiger partial charge in [0.25, 0.3) is 0 Å². The fraction of sp³-hybridized carbons (Fsp3) is 0.0769. The number of carbonyl (C=O) groups excluding carboxylic acids is 1. The fourth-order valence-corrected chi connectivity index (χ4v) is 4.97. The van der Waals surface area contributed by atoms with Crippen molar-refractivity contribution >= 4 is 45.0 Å². The van der Waals surface area contributed by atoms with E-state index in [4.69, 9.17) is 15.6 Å². The summed E-state index contributed by atoms with van der Waals surface area (Å²) in [6, 6.07) is 23.1. The topological polar surface area (TPSA) is 94.5 Å². The lowest BCUT2D eigenvalue weighted by Crippen LogP contribution is -2.11. The standard InChI is InChI=1S/C26H20N2O4S/c27-26(31)17-6-3-5-16(13-17)14-28-20-8-2-1-7-18(20)24-21(32-15-23(29)30)11-10-19(25(24)28)22-9-4-12-33-22/h1-13H,14-15H2,(H2,27,31)(H,29,30). The molecule has 5 aromatic rings. The summed E-state index contributed by atoms with van der Waals surface area (Å²) in [5.41, 5.74) is 9.85. The van der Waals surface area contributed by atoms with Gasteiger partial charge in [0.05, 0.1) is 10.9 Å². The molecule has 0 fully saturated rings. The summed E-state index contributed by atoms with van der Waals surface area (Å²) in [4.78, 5) is 24.0. The van der Waals surface area contributed by atoms with Gasteiger partial charge < -0.3 is 20.1 Å². The summed E-state index contributed by atoms with van der Waals surface area (Å²) in [7, 11) is 0. The van der Waals surface area contributed by atoms with Crippen LogP contribution in [-0.4, -0.2) is 28.2 Å². The van der Waals surface area contributed by atoms with E-state index >= 15 is 0 Å². The van der Waals surface area contributed by atoms with Gasteiger partial charge in [0, 0.05) is 33.5 Å². The van der Waals surface area contributed by atoms with Gasteiger partial charge in [0.1, 0.15) is 5.75 Å². The molecule has 2 aromatic heterocycles. The van der Waals surface area contributed by atoms with Crippen molar-refractivity contribution < 1.29 is 19.4 Å². The number of ether oxygens (including phenoxy) is 1. The number of carbonyl (C=O) groups is 2. The average molecular weight is 457 g/mol. The number of hydrogen-bond acceptors (Lipinski definition) is 4. The Bertz CT molecular complexity index is 1500. The second kappa shape index (κ2) is 8.44. The van der Waals surface area contributed by atoms with E-state index in [2.05, 4.69) is 10.6 Å². The number of primary amides is 1. The number of thiophene rings is 1. The molecule has 6 nitrogen and oxygen atoms in total. The minimum Gasteiger partial charge on any atom is -0.481 e. The van der Waals surface area contributed by atoms with Gasteiger partial charge in [-0.2, -0.15) is 0 Å². The van der Waals surface area contributed by atoms with Gasteiger partial charge >= 0.3 is 5.97 Å². The molecule has 0 aliphatic heterocycles. The van der Waals surface area contributed by atoms with Crippen LogP contribution in [-0.2, 0) is 11.3 Å². The van der Waals surface area contributed by atoms with E-state index in [1.807, 2.05) is 60.0 Å². The van der Waals surface area contributed by atoms with Crippen molar-refractivity contribution in [2.75, 3.05) is 6.61 Å². The zero-order valence-electron chi connectivity index (χ0n) is 17.5. The van der Waals surface area contributed by atoms with Crippen molar-refractivity contribution in [2.24, 2.45) is 5.73 Å². The highest BCUT2D eigenvalue weighted by molar-refractivity contribution is 7.13. The molecule has 0 saturated carbocycles. The first-order valence-electron chi connectivity index (χ1n) is 10.3. The molecule has 1 amide bonds. The average Bonchev–Trinajstić information content (AvgIpc) is 3.46. The molecule has 0 unspecified atom stereocenters. The van der Waals surface area contributed by atoms with Gasteiger partial charge in [-0.25, -0.2) is 4.79 Å². The lowest BCUT2D eigenvalue weighted by atomic mass is 10.1. The molecule has 0 spiro atoms. The first-order chi connectivity index (χ1) is 16.0. The van der Waals surface area contributed by atoms with E-state index in [0.29, 0.717) is 17.9 Å². The summed E-state index contributed by atoms with van der Waals surface area (Å²) >= 11 is 1.64. The molecule has 0 saturated heterocycles. The zero-order valence-corrected chi connectivity index (χ0v) is 18.3. The van der Waals surface area contributed by atoms with Crippen molar-refractivity contribution in [1.29, 1.82) is 0 Å². The molecule has 2 heterocycles. The van der Waals surface area contributed by atoms with Crippen LogP contribution in [0.1, 0.15) is 15.9 Å². The summed E-state index contributed by atoms with van der Waals surface area (Å²) < 4.78 is 7.89. The van der Waals surface area contributed by atoms with Crippen molar-refractivity contribution in [1.82, 2.24) is 4.57 Å². The van der Waals surface area contributed by atoms with Crippen LogP contribution >= 0.6 is 11.3 Å². The van der Waals surface area contributed by atoms with Gasteiger partial charge in [-0.1, -0.05) is 36.4 Å². The molecule has 0 bridgehead atoms. The maximum absolute atomic E-state index is 11.7. The predicted molar refractivity (Wildman–Crippen MR) is 130 cm³/mol. The Morgan fingerprint density at radius 2 is 1.85 bits per heavy atom. The van der Waals surface area contributed by atoms with Gasteiger partial charge in [0.15, 0.2) is 6.61 Å². The third-order valence-corrected chi connectivity index (χ3v) is 6.47. The fourth-order valence-electron chi connectivity index (χ4n) is 4.21. The van der Waals surface area contributed by atoms with E-state index in [9.17, 15) is 9.59 Å². The Hall–Kier alpha value is -4.10. The number of amides is 1. The number of para-hydroxylation sites is 1. The Morgan fingerprint density at radius 3 is 2.61 bits per heavy atom. The summed E-state index contributed by atoms with van der Waals surface area (Å²) in [6.45, 7) is 0.0828. The van der Waals surface area contributed by atoms with Gasteiger partial charge in [-0.05, 0) is 47.3 Å². The molecule has 7 heteroatoms. The molecule has 0 aliphatic rings. The molecule has 5 rings (SSSR count). The van der Waals surface area contributed by atoms with Crippen molar-refractivity contribution in [3.63, 3.8) is 0 Å². The number of rotatable bonds is 7. The Balaban J connectivity index is 1.80. The number of carboxylic acids is 1. The molecule has 0 atom stereocenters. The number of nitrogens with zero attached hydrogens (tertiary/aromatic N) is 1. The third kappa shape index (κ3) is 3.83. The monoisotopic (exact) mass is 456 g/mol. The van der Waals surface area contributed by atoms with E-state index in [1.54, 1.807) is 23.5 Å². The number of aliphatic carboxylic acids is 1. The summed E-state index contributed by atoms with van der Waals surface area (Å²) in [5.74, 6) is -0.978. The number of benzene rings is 3. The quantitative estimate of drug-likeness (QED) is 0.355. The van der Waals surface area contributed by atoms with Crippen LogP contribution in [0.15, 0.2) is 78.2 Å². The Morgan fingerprint density at radius 1 is 1.00 bits per heavy atom. The molecule has 164 valence electrons. The van der Waals surface area contributed by atoms with E-state index in [-0.39, 0.29) is 0 Å². The number of aromatic nitrogens is 1. The minimum atomic E-state index is -1.03. The summed E-state index contributed by atoms with van der Waals surface area (Å²) in [6.07, 6.45) is 0. The highest BCUT2D eigenvalue weighted by Crippen LogP contribution is 2.42. The number of fused-ring (bicyclic) bond motifs is 3. The van der Waals surface area contributed by atoms with Crippen LogP contribution in [0.2, 0.25) is 0 Å². The van der Waals surface area contributed by atoms with Gasteiger partial charge in [-0.15, -0.1) is 11.3 Å². The van der Waals surface area contributed by atoms with Crippen LogP contribution in [0, 0.1) is 0 Å². The SMILES string of the molecule is NC(=O)c1cccc(Cn2c3ccccc3c3c(OCC(=O)O)ccc(-c4cccs4)c32)c1. The Labute approximate surface area is 193 Å². The van der Waals surface area contributed by atoms with Gasteiger partial charge in [-0.3, -0.25) is 4.79 Å². The number of carboxylic acid groups (broad SMARTS) is 1. The maximum atomic E-state index is 11.7. The Kier molecular flexibility index (Phi) is 5.32. The van der Waals surface area contributed by atoms with Crippen LogP contribution in [0.5, 0.6) is 5.75 Å². The van der Waals surface area contributed by atoms with Crippen LogP contribution in [0.3, 0.4) is 0 Å². The molecule has 0 aliphatic carbocycles. The molecular formula is C26H20N2O4S. The predicted octanol–water partition coefficient (Wildman–Crippen LogP) is 5.13. The van der Waals surface area contributed by atoms with Crippen molar-refractivity contribution in [3.05, 3.63) is 89.3 Å². The molecule has 33 heavy (non-hydrogen) atoms. The summed E-state index contributed by atoms with van der Waals surface area (Å²) in [5, 5.41) is 13.0. The highest BCUT2D eigenvalue weighted by atomic mass is 32.1. The van der Waals surface area contributed by atoms with Crippen LogP contribution in [0.25, 0.3) is 32.2 Å². The maximum Gasteiger partial charge on any atom is 0.341 e. The largest absolute Gasteiger partial charge is 0.481 e. The number of nitrogens with two attached hydrogens (primary N) is 1. The first kappa shape index (κ1) is 20.8. The molecular weight excluding hydrogens is 436 g/mol. The van der Waals surface area contributed by atoms with E-state index < -0.39 is 18.5 Å².